The fourth-order valence-corrected chi connectivity index (χ4v) is 5.71. The van der Waals surface area contributed by atoms with Crippen molar-refractivity contribution in [1.29, 1.82) is 0 Å². The maximum Gasteiger partial charge on any atom is 0.338 e. The van der Waals surface area contributed by atoms with Crippen molar-refractivity contribution in [1.82, 2.24) is 14.8 Å². The van der Waals surface area contributed by atoms with Crippen molar-refractivity contribution in [3.05, 3.63) is 88.1 Å². The SMILES string of the molecule is CC1=C(C(=O)OC2CCCCC2)C(/C=C/c2ccccc2)n2nc(SCc3ccccc3Cl)nc2N1. The lowest BCUT2D eigenvalue weighted by molar-refractivity contribution is -0.146. The van der Waals surface area contributed by atoms with Crippen molar-refractivity contribution in [3.8, 4) is 0 Å². The maximum atomic E-state index is 13.4. The number of ether oxygens (including phenoxy) is 1. The number of fused-ring (bicyclic) bond motifs is 1. The molecule has 1 aromatic heterocycles. The van der Waals surface area contributed by atoms with E-state index in [1.54, 1.807) is 4.68 Å². The first-order valence-electron chi connectivity index (χ1n) is 12.3. The second kappa shape index (κ2) is 11.4. The number of hydrogen-bond acceptors (Lipinski definition) is 6. The van der Waals surface area contributed by atoms with Crippen LogP contribution in [-0.2, 0) is 15.3 Å². The van der Waals surface area contributed by atoms with Gasteiger partial charge in [0.15, 0.2) is 0 Å². The molecule has 2 heterocycles. The van der Waals surface area contributed by atoms with Gasteiger partial charge in [0.2, 0.25) is 11.1 Å². The summed E-state index contributed by atoms with van der Waals surface area (Å²) in [6, 6.07) is 17.4. The molecule has 1 atom stereocenters. The van der Waals surface area contributed by atoms with E-state index in [1.807, 2.05) is 73.7 Å². The van der Waals surface area contributed by atoms with E-state index in [0.29, 0.717) is 22.4 Å². The summed E-state index contributed by atoms with van der Waals surface area (Å²) in [6.45, 7) is 1.90. The number of aromatic nitrogens is 3. The maximum absolute atomic E-state index is 13.4. The van der Waals surface area contributed by atoms with Gasteiger partial charge in [-0.15, -0.1) is 5.10 Å². The Morgan fingerprint density at radius 2 is 1.89 bits per heavy atom. The van der Waals surface area contributed by atoms with Crippen LogP contribution in [0.15, 0.2) is 77.1 Å². The molecule has 3 aromatic rings. The summed E-state index contributed by atoms with van der Waals surface area (Å²) in [6.07, 6.45) is 9.24. The highest BCUT2D eigenvalue weighted by molar-refractivity contribution is 7.98. The summed E-state index contributed by atoms with van der Waals surface area (Å²) in [4.78, 5) is 18.1. The number of esters is 1. The first-order chi connectivity index (χ1) is 17.6. The Hall–Kier alpha value is -3.03. The molecule has 0 radical (unpaired) electrons. The van der Waals surface area contributed by atoms with E-state index in [2.05, 4.69) is 5.32 Å². The van der Waals surface area contributed by atoms with Crippen molar-refractivity contribution in [2.24, 2.45) is 0 Å². The molecular weight excluding hydrogens is 492 g/mol. The third kappa shape index (κ3) is 5.68. The fraction of sp³-hybridized carbons (Fsp3) is 0.321. The highest BCUT2D eigenvalue weighted by Gasteiger charge is 2.34. The topological polar surface area (TPSA) is 69.0 Å². The Labute approximate surface area is 220 Å². The molecule has 0 amide bonds. The summed E-state index contributed by atoms with van der Waals surface area (Å²) in [5.41, 5.74) is 3.37. The van der Waals surface area contributed by atoms with Gasteiger partial charge in [-0.1, -0.05) is 90.5 Å². The van der Waals surface area contributed by atoms with Gasteiger partial charge < -0.3 is 10.1 Å². The number of thioether (sulfide) groups is 1. The molecule has 0 saturated heterocycles. The van der Waals surface area contributed by atoms with Crippen LogP contribution in [-0.4, -0.2) is 26.8 Å². The minimum Gasteiger partial charge on any atom is -0.459 e. The summed E-state index contributed by atoms with van der Waals surface area (Å²) in [7, 11) is 0. The minimum atomic E-state index is -0.431. The van der Waals surface area contributed by atoms with Crippen molar-refractivity contribution in [3.63, 3.8) is 0 Å². The molecule has 0 spiro atoms. The Morgan fingerprint density at radius 1 is 1.14 bits per heavy atom. The van der Waals surface area contributed by atoms with E-state index >= 15 is 0 Å². The second-order valence-electron chi connectivity index (χ2n) is 9.09. The number of nitrogens with one attached hydrogen (secondary N) is 1. The molecule has 1 aliphatic heterocycles. The molecule has 1 saturated carbocycles. The van der Waals surface area contributed by atoms with Crippen LogP contribution in [0.1, 0.15) is 56.2 Å². The monoisotopic (exact) mass is 520 g/mol. The predicted octanol–water partition coefficient (Wildman–Crippen LogP) is 7.05. The third-order valence-electron chi connectivity index (χ3n) is 6.51. The highest BCUT2D eigenvalue weighted by atomic mass is 35.5. The van der Waals surface area contributed by atoms with E-state index in [1.165, 1.54) is 18.2 Å². The second-order valence-corrected chi connectivity index (χ2v) is 10.4. The van der Waals surface area contributed by atoms with Crippen LogP contribution in [0.3, 0.4) is 0 Å². The van der Waals surface area contributed by atoms with Gasteiger partial charge in [-0.3, -0.25) is 0 Å². The summed E-state index contributed by atoms with van der Waals surface area (Å²) < 4.78 is 7.75. The van der Waals surface area contributed by atoms with Crippen molar-refractivity contribution < 1.29 is 9.53 Å². The molecule has 0 bridgehead atoms. The molecule has 1 fully saturated rings. The number of carbonyl (C=O) groups excluding carboxylic acids is 1. The molecule has 36 heavy (non-hydrogen) atoms. The number of carbonyl (C=O) groups is 1. The molecule has 2 aromatic carbocycles. The first kappa shape index (κ1) is 24.7. The number of anilines is 1. The van der Waals surface area contributed by atoms with Crippen LogP contribution in [0.5, 0.6) is 0 Å². The molecule has 186 valence electrons. The zero-order valence-electron chi connectivity index (χ0n) is 20.2. The van der Waals surface area contributed by atoms with Gasteiger partial charge in [0.1, 0.15) is 12.1 Å². The quantitative estimate of drug-likeness (QED) is 0.266. The van der Waals surface area contributed by atoms with Crippen LogP contribution in [0.2, 0.25) is 5.02 Å². The summed E-state index contributed by atoms with van der Waals surface area (Å²) >= 11 is 7.84. The molecule has 6 nitrogen and oxygen atoms in total. The van der Waals surface area contributed by atoms with Crippen LogP contribution < -0.4 is 5.32 Å². The van der Waals surface area contributed by atoms with Gasteiger partial charge in [0.05, 0.1) is 5.57 Å². The molecule has 1 aliphatic carbocycles. The van der Waals surface area contributed by atoms with Gasteiger partial charge in [0.25, 0.3) is 0 Å². The lowest BCUT2D eigenvalue weighted by atomic mass is 9.97. The number of hydrogen-bond donors (Lipinski definition) is 1. The first-order valence-corrected chi connectivity index (χ1v) is 13.7. The molecule has 1 unspecified atom stereocenters. The standard InChI is InChI=1S/C28H29ClN4O2S/c1-19-25(26(34)35-22-13-6-3-7-14-22)24(17-16-20-10-4-2-5-11-20)33-27(30-19)31-28(32-33)36-18-21-12-8-9-15-23(21)29/h2,4-5,8-12,15-17,22,24H,3,6-7,13-14,18H2,1H3,(H,30,31,32)/b17-16+. The van der Waals surface area contributed by atoms with Crippen LogP contribution in [0.25, 0.3) is 6.08 Å². The van der Waals surface area contributed by atoms with E-state index in [9.17, 15) is 4.79 Å². The van der Waals surface area contributed by atoms with E-state index < -0.39 is 6.04 Å². The Bertz CT molecular complexity index is 1280. The van der Waals surface area contributed by atoms with Crippen molar-refractivity contribution in [2.45, 2.75) is 62.1 Å². The third-order valence-corrected chi connectivity index (χ3v) is 7.76. The normalized spacial score (nSPS) is 18.2. The van der Waals surface area contributed by atoms with Gasteiger partial charge in [-0.2, -0.15) is 4.98 Å². The fourth-order valence-electron chi connectivity index (χ4n) is 4.60. The largest absolute Gasteiger partial charge is 0.459 e. The van der Waals surface area contributed by atoms with Crippen molar-refractivity contribution >= 4 is 41.4 Å². The van der Waals surface area contributed by atoms with E-state index in [4.69, 9.17) is 26.4 Å². The Morgan fingerprint density at radius 3 is 2.67 bits per heavy atom. The number of allylic oxidation sites excluding steroid dienone is 2. The van der Waals surface area contributed by atoms with Gasteiger partial charge in [-0.05, 0) is 49.8 Å². The number of benzene rings is 2. The summed E-state index contributed by atoms with van der Waals surface area (Å²) in [5, 5.41) is 9.39. The lowest BCUT2D eigenvalue weighted by Crippen LogP contribution is -2.30. The zero-order valence-corrected chi connectivity index (χ0v) is 21.8. The van der Waals surface area contributed by atoms with E-state index in [0.717, 1.165) is 47.5 Å². The molecule has 2 aliphatic rings. The average Bonchev–Trinajstić information content (AvgIpc) is 3.30. The molecule has 1 N–H and O–H groups in total. The van der Waals surface area contributed by atoms with Crippen LogP contribution >= 0.6 is 23.4 Å². The van der Waals surface area contributed by atoms with Crippen LogP contribution in [0, 0.1) is 0 Å². The Kier molecular flexibility index (Phi) is 7.78. The van der Waals surface area contributed by atoms with Gasteiger partial charge in [0, 0.05) is 16.5 Å². The number of nitrogens with zero attached hydrogens (tertiary/aromatic N) is 3. The number of rotatable bonds is 7. The Balaban J connectivity index is 1.42. The molecule has 8 heteroatoms. The number of halogens is 1. The van der Waals surface area contributed by atoms with E-state index in [-0.39, 0.29) is 12.1 Å². The molecule has 5 rings (SSSR count). The van der Waals surface area contributed by atoms with Gasteiger partial charge >= 0.3 is 5.97 Å². The van der Waals surface area contributed by atoms with Crippen molar-refractivity contribution in [2.75, 3.05) is 5.32 Å². The zero-order chi connectivity index (χ0) is 24.9. The summed E-state index contributed by atoms with van der Waals surface area (Å²) in [5.74, 6) is 0.962. The smallest absolute Gasteiger partial charge is 0.338 e. The predicted molar refractivity (Wildman–Crippen MR) is 145 cm³/mol. The van der Waals surface area contributed by atoms with Crippen LogP contribution in [0.4, 0.5) is 5.95 Å². The average molecular weight is 521 g/mol. The lowest BCUT2D eigenvalue weighted by Gasteiger charge is -2.28. The minimum absolute atomic E-state index is 0.0239. The highest BCUT2D eigenvalue weighted by Crippen LogP contribution is 2.35. The molecular formula is C28H29ClN4O2S. The van der Waals surface area contributed by atoms with Gasteiger partial charge in [-0.25, -0.2) is 9.48 Å².